The Balaban J connectivity index is 1.81. The van der Waals surface area contributed by atoms with Crippen LogP contribution in [0.15, 0.2) is 39.8 Å². The number of benzene rings is 1. The van der Waals surface area contributed by atoms with Gasteiger partial charge in [0, 0.05) is 31.2 Å². The molecule has 0 amide bonds. The molecule has 1 aliphatic rings. The molecule has 0 saturated heterocycles. The van der Waals surface area contributed by atoms with Crippen molar-refractivity contribution in [3.05, 3.63) is 40.4 Å². The Hall–Kier alpha value is -1.29. The van der Waals surface area contributed by atoms with E-state index in [0.717, 1.165) is 36.5 Å². The van der Waals surface area contributed by atoms with Gasteiger partial charge in [0.25, 0.3) is 0 Å². The van der Waals surface area contributed by atoms with Crippen LogP contribution in [-0.4, -0.2) is 37.5 Å². The van der Waals surface area contributed by atoms with Crippen molar-refractivity contribution >= 4 is 28.0 Å². The molecule has 0 saturated carbocycles. The first kappa shape index (κ1) is 13.1. The Morgan fingerprint density at radius 1 is 1.39 bits per heavy atom. The summed E-state index contributed by atoms with van der Waals surface area (Å²) in [5, 5.41) is 3.33. The fourth-order valence-corrected chi connectivity index (χ4v) is 2.09. The van der Waals surface area contributed by atoms with Crippen molar-refractivity contribution in [3.8, 4) is 0 Å². The predicted molar refractivity (Wildman–Crippen MR) is 80.7 cm³/mol. The summed E-state index contributed by atoms with van der Waals surface area (Å²) in [7, 11) is 2.07. The molecule has 4 heteroatoms. The number of rotatable bonds is 3. The molecule has 0 unspecified atom stereocenters. The molecule has 0 aromatic heterocycles. The minimum atomic E-state index is 0.805. The number of halogens is 1. The quantitative estimate of drug-likeness (QED) is 0.930. The van der Waals surface area contributed by atoms with E-state index in [0.29, 0.717) is 0 Å². The van der Waals surface area contributed by atoms with Gasteiger partial charge >= 0.3 is 0 Å². The summed E-state index contributed by atoms with van der Waals surface area (Å²) < 4.78 is 1.11. The van der Waals surface area contributed by atoms with Crippen molar-refractivity contribution in [2.75, 3.05) is 26.7 Å². The molecule has 0 aliphatic carbocycles. The highest BCUT2D eigenvalue weighted by Gasteiger charge is 2.08. The lowest BCUT2D eigenvalue weighted by Crippen LogP contribution is -2.42. The highest BCUT2D eigenvalue weighted by Crippen LogP contribution is 2.11. The van der Waals surface area contributed by atoms with Crippen LogP contribution in [0.1, 0.15) is 12.0 Å². The van der Waals surface area contributed by atoms with E-state index in [1.54, 1.807) is 0 Å². The van der Waals surface area contributed by atoms with Gasteiger partial charge in [-0.2, -0.15) is 0 Å². The molecule has 96 valence electrons. The van der Waals surface area contributed by atoms with Crippen molar-refractivity contribution in [3.63, 3.8) is 0 Å². The second-order valence-corrected chi connectivity index (χ2v) is 5.23. The third kappa shape index (κ3) is 3.88. The van der Waals surface area contributed by atoms with Crippen LogP contribution >= 0.6 is 15.9 Å². The monoisotopic (exact) mass is 307 g/mol. The van der Waals surface area contributed by atoms with E-state index < -0.39 is 0 Å². The van der Waals surface area contributed by atoms with Crippen LogP contribution < -0.4 is 5.32 Å². The second kappa shape index (κ2) is 6.59. The SMILES string of the molecule is CN1CCCN=C1NC/C=C/c1ccc(Br)cc1. The number of hydrogen-bond acceptors (Lipinski definition) is 3. The molecule has 1 heterocycles. The second-order valence-electron chi connectivity index (χ2n) is 4.32. The van der Waals surface area contributed by atoms with Crippen LogP contribution in [0.3, 0.4) is 0 Å². The van der Waals surface area contributed by atoms with Gasteiger partial charge in [0.2, 0.25) is 0 Å². The maximum Gasteiger partial charge on any atom is 0.193 e. The van der Waals surface area contributed by atoms with Crippen LogP contribution in [0.25, 0.3) is 6.08 Å². The lowest BCUT2D eigenvalue weighted by molar-refractivity contribution is 0.449. The molecule has 0 spiro atoms. The molecule has 0 fully saturated rings. The van der Waals surface area contributed by atoms with Crippen LogP contribution in [0, 0.1) is 0 Å². The Morgan fingerprint density at radius 3 is 2.89 bits per heavy atom. The zero-order valence-electron chi connectivity index (χ0n) is 10.6. The molecule has 0 atom stereocenters. The summed E-state index contributed by atoms with van der Waals surface area (Å²) in [5.74, 6) is 1.00. The van der Waals surface area contributed by atoms with Gasteiger partial charge in [0.15, 0.2) is 5.96 Å². The highest BCUT2D eigenvalue weighted by molar-refractivity contribution is 9.10. The molecule has 3 nitrogen and oxygen atoms in total. The smallest absolute Gasteiger partial charge is 0.193 e. The highest BCUT2D eigenvalue weighted by atomic mass is 79.9. The maximum atomic E-state index is 4.46. The summed E-state index contributed by atoms with van der Waals surface area (Å²) in [6.45, 7) is 2.82. The van der Waals surface area contributed by atoms with Gasteiger partial charge in [-0.15, -0.1) is 0 Å². The normalized spacial score (nSPS) is 15.9. The molecular formula is C14H18BrN3. The molecule has 1 aromatic carbocycles. The van der Waals surface area contributed by atoms with Crippen LogP contribution in [0.2, 0.25) is 0 Å². The van der Waals surface area contributed by atoms with Crippen molar-refractivity contribution in [1.82, 2.24) is 10.2 Å². The molecular weight excluding hydrogens is 290 g/mol. The Morgan fingerprint density at radius 2 is 2.17 bits per heavy atom. The van der Waals surface area contributed by atoms with Gasteiger partial charge < -0.3 is 10.2 Å². The van der Waals surface area contributed by atoms with E-state index in [4.69, 9.17) is 0 Å². The summed E-state index contributed by atoms with van der Waals surface area (Å²) >= 11 is 3.43. The first-order valence-electron chi connectivity index (χ1n) is 6.17. The zero-order chi connectivity index (χ0) is 12.8. The van der Waals surface area contributed by atoms with E-state index in [1.165, 1.54) is 5.56 Å². The fourth-order valence-electron chi connectivity index (χ4n) is 1.83. The first-order chi connectivity index (χ1) is 8.75. The van der Waals surface area contributed by atoms with Crippen molar-refractivity contribution in [2.45, 2.75) is 6.42 Å². The average Bonchev–Trinajstić information content (AvgIpc) is 2.39. The van der Waals surface area contributed by atoms with E-state index >= 15 is 0 Å². The standard InChI is InChI=1S/C14H18BrN3/c1-18-11-3-10-17-14(18)16-9-2-4-12-5-7-13(15)8-6-12/h2,4-8H,3,9-11H2,1H3,(H,16,17)/b4-2+. The van der Waals surface area contributed by atoms with E-state index in [1.807, 2.05) is 12.1 Å². The van der Waals surface area contributed by atoms with Crippen LogP contribution in [0.4, 0.5) is 0 Å². The lowest BCUT2D eigenvalue weighted by Gasteiger charge is -2.25. The maximum absolute atomic E-state index is 4.46. The topological polar surface area (TPSA) is 27.6 Å². The van der Waals surface area contributed by atoms with Crippen molar-refractivity contribution in [2.24, 2.45) is 4.99 Å². The summed E-state index contributed by atoms with van der Waals surface area (Å²) in [6, 6.07) is 8.27. The van der Waals surface area contributed by atoms with Crippen LogP contribution in [-0.2, 0) is 0 Å². The molecule has 1 aliphatic heterocycles. The molecule has 1 N–H and O–H groups in total. The fraction of sp³-hybridized carbons (Fsp3) is 0.357. The molecule has 1 aromatic rings. The number of aliphatic imine (C=N–C) groups is 1. The van der Waals surface area contributed by atoms with Gasteiger partial charge in [-0.3, -0.25) is 4.99 Å². The average molecular weight is 308 g/mol. The minimum absolute atomic E-state index is 0.805. The third-order valence-electron chi connectivity index (χ3n) is 2.83. The molecule has 18 heavy (non-hydrogen) atoms. The number of hydrogen-bond donors (Lipinski definition) is 1. The van der Waals surface area contributed by atoms with E-state index in [-0.39, 0.29) is 0 Å². The minimum Gasteiger partial charge on any atom is -0.353 e. The Labute approximate surface area is 117 Å². The van der Waals surface area contributed by atoms with Gasteiger partial charge in [-0.1, -0.05) is 40.2 Å². The number of nitrogens with zero attached hydrogens (tertiary/aromatic N) is 2. The molecule has 0 radical (unpaired) electrons. The van der Waals surface area contributed by atoms with E-state index in [2.05, 4.69) is 62.5 Å². The van der Waals surface area contributed by atoms with Gasteiger partial charge in [-0.05, 0) is 24.1 Å². The van der Waals surface area contributed by atoms with Crippen molar-refractivity contribution < 1.29 is 0 Å². The lowest BCUT2D eigenvalue weighted by atomic mass is 10.2. The zero-order valence-corrected chi connectivity index (χ0v) is 12.2. The van der Waals surface area contributed by atoms with Crippen molar-refractivity contribution in [1.29, 1.82) is 0 Å². The Bertz CT molecular complexity index is 437. The third-order valence-corrected chi connectivity index (χ3v) is 3.36. The first-order valence-corrected chi connectivity index (χ1v) is 6.96. The van der Waals surface area contributed by atoms with Gasteiger partial charge in [0.05, 0.1) is 0 Å². The van der Waals surface area contributed by atoms with Crippen LogP contribution in [0.5, 0.6) is 0 Å². The molecule has 2 rings (SSSR count). The predicted octanol–water partition coefficient (Wildman–Crippen LogP) is 2.74. The van der Waals surface area contributed by atoms with Gasteiger partial charge in [-0.25, -0.2) is 0 Å². The molecule has 0 bridgehead atoms. The number of guanidine groups is 1. The van der Waals surface area contributed by atoms with E-state index in [9.17, 15) is 0 Å². The summed E-state index contributed by atoms with van der Waals surface area (Å²) in [4.78, 5) is 6.62. The largest absolute Gasteiger partial charge is 0.353 e. The number of nitrogens with one attached hydrogen (secondary N) is 1. The summed E-state index contributed by atoms with van der Waals surface area (Å²) in [6.07, 6.45) is 5.38. The summed E-state index contributed by atoms with van der Waals surface area (Å²) in [5.41, 5.74) is 1.21. The van der Waals surface area contributed by atoms with Gasteiger partial charge in [0.1, 0.15) is 0 Å². The Kier molecular flexibility index (Phi) is 4.81.